The van der Waals surface area contributed by atoms with Gasteiger partial charge in [0.1, 0.15) is 24.4 Å². The molecular formula is C13H18O5. The highest BCUT2D eigenvalue weighted by molar-refractivity contribution is 5.10. The van der Waals surface area contributed by atoms with Crippen LogP contribution in [0, 0.1) is 12.3 Å². The highest BCUT2D eigenvalue weighted by Crippen LogP contribution is 2.43. The lowest BCUT2D eigenvalue weighted by molar-refractivity contribution is -0.220. The second-order valence-electron chi connectivity index (χ2n) is 5.76. The first kappa shape index (κ1) is 12.4. The summed E-state index contributed by atoms with van der Waals surface area (Å²) in [5.41, 5.74) is 0. The Morgan fingerprint density at radius 2 is 1.39 bits per heavy atom. The third kappa shape index (κ3) is 1.85. The predicted octanol–water partition coefficient (Wildman–Crippen LogP) is 1.02. The number of terminal acetylenes is 1. The van der Waals surface area contributed by atoms with Crippen LogP contribution in [0.5, 0.6) is 0 Å². The summed E-state index contributed by atoms with van der Waals surface area (Å²) in [7, 11) is 0. The van der Waals surface area contributed by atoms with Crippen LogP contribution in [0.2, 0.25) is 0 Å². The molecule has 0 saturated carbocycles. The van der Waals surface area contributed by atoms with Gasteiger partial charge in [-0.05, 0) is 27.7 Å². The third-order valence-electron chi connectivity index (χ3n) is 3.32. The van der Waals surface area contributed by atoms with E-state index in [1.807, 2.05) is 27.7 Å². The Kier molecular flexibility index (Phi) is 2.54. The molecular weight excluding hydrogens is 236 g/mol. The van der Waals surface area contributed by atoms with E-state index in [0.717, 1.165) is 0 Å². The average molecular weight is 254 g/mol. The van der Waals surface area contributed by atoms with Crippen LogP contribution >= 0.6 is 0 Å². The Morgan fingerprint density at radius 3 is 2.06 bits per heavy atom. The van der Waals surface area contributed by atoms with Crippen molar-refractivity contribution >= 4 is 0 Å². The fourth-order valence-electron chi connectivity index (χ4n) is 2.75. The van der Waals surface area contributed by atoms with Crippen molar-refractivity contribution < 1.29 is 23.7 Å². The largest absolute Gasteiger partial charge is 0.341 e. The molecule has 0 aromatic rings. The lowest BCUT2D eigenvalue weighted by Crippen LogP contribution is -2.54. The monoisotopic (exact) mass is 254 g/mol. The van der Waals surface area contributed by atoms with Crippen molar-refractivity contribution in [2.75, 3.05) is 0 Å². The lowest BCUT2D eigenvalue weighted by atomic mass is 9.99. The van der Waals surface area contributed by atoms with Gasteiger partial charge in [-0.2, -0.15) is 0 Å². The van der Waals surface area contributed by atoms with E-state index in [-0.39, 0.29) is 18.3 Å². The molecule has 5 heteroatoms. The van der Waals surface area contributed by atoms with Gasteiger partial charge in [0.05, 0.1) is 0 Å². The lowest BCUT2D eigenvalue weighted by Gasteiger charge is -2.34. The molecule has 0 aliphatic carbocycles. The summed E-state index contributed by atoms with van der Waals surface area (Å²) in [5.74, 6) is 1.21. The Labute approximate surface area is 107 Å². The second-order valence-corrected chi connectivity index (χ2v) is 5.76. The highest BCUT2D eigenvalue weighted by atomic mass is 16.9. The Bertz CT molecular complexity index is 397. The van der Waals surface area contributed by atoms with Gasteiger partial charge in [-0.1, -0.05) is 5.92 Å². The molecule has 3 rings (SSSR count). The van der Waals surface area contributed by atoms with Gasteiger partial charge in [0.25, 0.3) is 0 Å². The number of hydrogen-bond acceptors (Lipinski definition) is 5. The van der Waals surface area contributed by atoms with Crippen LogP contribution in [-0.2, 0) is 23.7 Å². The van der Waals surface area contributed by atoms with E-state index in [4.69, 9.17) is 30.1 Å². The molecule has 0 amide bonds. The van der Waals surface area contributed by atoms with E-state index in [2.05, 4.69) is 5.92 Å². The zero-order valence-corrected chi connectivity index (χ0v) is 11.0. The molecule has 0 bridgehead atoms. The van der Waals surface area contributed by atoms with Crippen LogP contribution in [-0.4, -0.2) is 42.3 Å². The zero-order chi connectivity index (χ0) is 13.1. The fourth-order valence-corrected chi connectivity index (χ4v) is 2.75. The van der Waals surface area contributed by atoms with Gasteiger partial charge >= 0.3 is 0 Å². The quantitative estimate of drug-likeness (QED) is 0.604. The summed E-state index contributed by atoms with van der Waals surface area (Å²) in [6, 6.07) is 0. The van der Waals surface area contributed by atoms with Crippen molar-refractivity contribution in [3.8, 4) is 12.3 Å². The SMILES string of the molecule is C#C[C@@H]1OC2OC(C)(C)O[C@H]2[C@@H]2OC(C)(C)O[C@@H]21. The van der Waals surface area contributed by atoms with Crippen molar-refractivity contribution in [3.05, 3.63) is 0 Å². The topological polar surface area (TPSA) is 46.2 Å². The Hall–Kier alpha value is -0.640. The first-order valence-corrected chi connectivity index (χ1v) is 6.14. The minimum absolute atomic E-state index is 0.262. The predicted molar refractivity (Wildman–Crippen MR) is 61.4 cm³/mol. The smallest absolute Gasteiger partial charge is 0.191 e. The molecule has 0 radical (unpaired) electrons. The number of fused-ring (bicyclic) bond motifs is 3. The second kappa shape index (κ2) is 3.69. The van der Waals surface area contributed by atoms with Crippen molar-refractivity contribution in [3.63, 3.8) is 0 Å². The van der Waals surface area contributed by atoms with Crippen LogP contribution in [0.15, 0.2) is 0 Å². The maximum Gasteiger partial charge on any atom is 0.191 e. The van der Waals surface area contributed by atoms with Gasteiger partial charge in [0.2, 0.25) is 0 Å². The molecule has 1 unspecified atom stereocenters. The molecule has 18 heavy (non-hydrogen) atoms. The van der Waals surface area contributed by atoms with E-state index >= 15 is 0 Å². The molecule has 0 N–H and O–H groups in total. The summed E-state index contributed by atoms with van der Waals surface area (Å²) in [4.78, 5) is 0. The normalized spacial score (nSPS) is 48.3. The van der Waals surface area contributed by atoms with Gasteiger partial charge in [-0.3, -0.25) is 0 Å². The molecule has 0 spiro atoms. The van der Waals surface area contributed by atoms with Gasteiger partial charge in [-0.15, -0.1) is 6.42 Å². The number of ether oxygens (including phenoxy) is 5. The fraction of sp³-hybridized carbons (Fsp3) is 0.846. The van der Waals surface area contributed by atoms with Crippen LogP contribution in [0.4, 0.5) is 0 Å². The molecule has 3 saturated heterocycles. The summed E-state index contributed by atoms with van der Waals surface area (Å²) >= 11 is 0. The standard InChI is InChI=1S/C13H18O5/c1-6-7-8-9(16-12(2,3)15-8)10-11(14-7)18-13(4,5)17-10/h1,7-11H,2-5H3/t7-,8+,9+,10-,11?/m0/s1. The maximum absolute atomic E-state index is 5.89. The van der Waals surface area contributed by atoms with Crippen molar-refractivity contribution in [2.45, 2.75) is 70.0 Å². The van der Waals surface area contributed by atoms with E-state index < -0.39 is 24.0 Å². The van der Waals surface area contributed by atoms with Gasteiger partial charge < -0.3 is 23.7 Å². The van der Waals surface area contributed by atoms with E-state index in [9.17, 15) is 0 Å². The average Bonchev–Trinajstić information content (AvgIpc) is 2.71. The molecule has 0 aromatic carbocycles. The van der Waals surface area contributed by atoms with Crippen LogP contribution in [0.1, 0.15) is 27.7 Å². The summed E-state index contributed by atoms with van der Waals surface area (Å²) < 4.78 is 28.9. The first-order valence-electron chi connectivity index (χ1n) is 6.14. The number of rotatable bonds is 0. The highest BCUT2D eigenvalue weighted by Gasteiger charge is 2.60. The van der Waals surface area contributed by atoms with Crippen LogP contribution < -0.4 is 0 Å². The molecule has 3 aliphatic heterocycles. The molecule has 100 valence electrons. The van der Waals surface area contributed by atoms with Crippen LogP contribution in [0.25, 0.3) is 0 Å². The first-order chi connectivity index (χ1) is 8.31. The minimum atomic E-state index is -0.695. The minimum Gasteiger partial charge on any atom is -0.341 e. The summed E-state index contributed by atoms with van der Waals surface area (Å²) in [5, 5.41) is 0. The van der Waals surface area contributed by atoms with Crippen molar-refractivity contribution in [1.29, 1.82) is 0 Å². The summed E-state index contributed by atoms with van der Waals surface area (Å²) in [6.45, 7) is 7.40. The maximum atomic E-state index is 5.89. The van der Waals surface area contributed by atoms with Crippen LogP contribution in [0.3, 0.4) is 0 Å². The van der Waals surface area contributed by atoms with E-state index in [0.29, 0.717) is 0 Å². The molecule has 0 aromatic heterocycles. The van der Waals surface area contributed by atoms with Gasteiger partial charge in [0, 0.05) is 0 Å². The Balaban J connectivity index is 1.89. The zero-order valence-electron chi connectivity index (χ0n) is 11.0. The van der Waals surface area contributed by atoms with Crippen molar-refractivity contribution in [2.24, 2.45) is 0 Å². The molecule has 3 heterocycles. The van der Waals surface area contributed by atoms with Gasteiger partial charge in [0.15, 0.2) is 17.9 Å². The van der Waals surface area contributed by atoms with E-state index in [1.165, 1.54) is 0 Å². The summed E-state index contributed by atoms with van der Waals surface area (Å²) in [6.07, 6.45) is 3.63. The molecule has 3 fully saturated rings. The Morgan fingerprint density at radius 1 is 0.833 bits per heavy atom. The molecule has 5 atom stereocenters. The van der Waals surface area contributed by atoms with Crippen molar-refractivity contribution in [1.82, 2.24) is 0 Å². The molecule has 3 aliphatic rings. The number of hydrogen-bond donors (Lipinski definition) is 0. The van der Waals surface area contributed by atoms with Gasteiger partial charge in [-0.25, -0.2) is 0 Å². The van der Waals surface area contributed by atoms with E-state index in [1.54, 1.807) is 0 Å². The molecule has 5 nitrogen and oxygen atoms in total. The third-order valence-corrected chi connectivity index (χ3v) is 3.32.